The lowest BCUT2D eigenvalue weighted by Crippen LogP contribution is -2.51. The van der Waals surface area contributed by atoms with Crippen LogP contribution in [-0.2, 0) is 5.54 Å². The summed E-state index contributed by atoms with van der Waals surface area (Å²) in [4.78, 5) is 0. The fraction of sp³-hybridized carbons (Fsp3) is 0.571. The summed E-state index contributed by atoms with van der Waals surface area (Å²) in [6, 6.07) is 8.90. The van der Waals surface area contributed by atoms with E-state index >= 15 is 0 Å². The molecule has 0 radical (unpaired) electrons. The molecule has 1 saturated carbocycles. The molecule has 88 valence electrons. The molecule has 16 heavy (non-hydrogen) atoms. The first kappa shape index (κ1) is 11.9. The van der Waals surface area contributed by atoms with Crippen LogP contribution < -0.4 is 5.32 Å². The van der Waals surface area contributed by atoms with Crippen molar-refractivity contribution in [2.45, 2.75) is 51.1 Å². The number of hydrogen-bond acceptors (Lipinski definition) is 1. The maximum atomic E-state index is 5.94. The van der Waals surface area contributed by atoms with Crippen molar-refractivity contribution in [3.63, 3.8) is 0 Å². The zero-order valence-electron chi connectivity index (χ0n) is 10.1. The van der Waals surface area contributed by atoms with Crippen molar-refractivity contribution in [3.8, 4) is 0 Å². The van der Waals surface area contributed by atoms with Crippen molar-refractivity contribution >= 4 is 11.6 Å². The van der Waals surface area contributed by atoms with Gasteiger partial charge >= 0.3 is 0 Å². The molecule has 0 amide bonds. The zero-order valence-corrected chi connectivity index (χ0v) is 10.8. The minimum absolute atomic E-state index is 0.222. The Kier molecular flexibility index (Phi) is 3.56. The van der Waals surface area contributed by atoms with E-state index in [1.165, 1.54) is 31.2 Å². The van der Waals surface area contributed by atoms with Gasteiger partial charge in [0.05, 0.1) is 0 Å². The van der Waals surface area contributed by atoms with Gasteiger partial charge in [-0.2, -0.15) is 0 Å². The topological polar surface area (TPSA) is 12.0 Å². The first-order valence-electron chi connectivity index (χ1n) is 6.20. The van der Waals surface area contributed by atoms with Crippen LogP contribution in [0.5, 0.6) is 0 Å². The predicted molar refractivity (Wildman–Crippen MR) is 69.9 cm³/mol. The maximum Gasteiger partial charge on any atom is 0.0436 e. The average molecular weight is 238 g/mol. The van der Waals surface area contributed by atoms with Crippen LogP contribution in [-0.4, -0.2) is 6.04 Å². The number of rotatable bonds is 4. The van der Waals surface area contributed by atoms with E-state index in [-0.39, 0.29) is 5.54 Å². The molecule has 0 aliphatic heterocycles. The minimum Gasteiger partial charge on any atom is -0.305 e. The largest absolute Gasteiger partial charge is 0.305 e. The van der Waals surface area contributed by atoms with Crippen LogP contribution in [0, 0.1) is 0 Å². The Morgan fingerprint density at radius 1 is 1.31 bits per heavy atom. The summed E-state index contributed by atoms with van der Waals surface area (Å²) in [6.45, 7) is 4.49. The van der Waals surface area contributed by atoms with Gasteiger partial charge in [-0.05, 0) is 50.3 Å². The molecule has 1 aromatic rings. The van der Waals surface area contributed by atoms with Crippen molar-refractivity contribution in [2.24, 2.45) is 0 Å². The Balaban J connectivity index is 2.17. The van der Waals surface area contributed by atoms with Crippen LogP contribution in [0.2, 0.25) is 5.02 Å². The van der Waals surface area contributed by atoms with Gasteiger partial charge in [-0.25, -0.2) is 0 Å². The van der Waals surface area contributed by atoms with Crippen LogP contribution in [0.1, 0.15) is 45.1 Å². The van der Waals surface area contributed by atoms with Crippen molar-refractivity contribution in [3.05, 3.63) is 34.9 Å². The van der Waals surface area contributed by atoms with Gasteiger partial charge in [0.2, 0.25) is 0 Å². The van der Waals surface area contributed by atoms with Gasteiger partial charge in [0.1, 0.15) is 0 Å². The number of hydrogen-bond donors (Lipinski definition) is 1. The third-order valence-electron chi connectivity index (χ3n) is 3.74. The first-order valence-corrected chi connectivity index (χ1v) is 6.58. The maximum absolute atomic E-state index is 5.94. The molecule has 1 atom stereocenters. The zero-order chi connectivity index (χ0) is 11.6. The normalized spacial score (nSPS) is 20.2. The number of halogens is 1. The Morgan fingerprint density at radius 3 is 2.38 bits per heavy atom. The molecule has 0 bridgehead atoms. The fourth-order valence-electron chi connectivity index (χ4n) is 2.39. The van der Waals surface area contributed by atoms with Gasteiger partial charge in [-0.1, -0.05) is 30.7 Å². The van der Waals surface area contributed by atoms with Gasteiger partial charge in [0.15, 0.2) is 0 Å². The summed E-state index contributed by atoms with van der Waals surface area (Å²) in [5.41, 5.74) is 1.61. The second kappa shape index (κ2) is 4.77. The Morgan fingerprint density at radius 2 is 1.94 bits per heavy atom. The molecule has 2 heteroatoms. The molecule has 2 rings (SSSR count). The number of benzene rings is 1. The third kappa shape index (κ3) is 2.26. The van der Waals surface area contributed by atoms with Crippen LogP contribution in [0.15, 0.2) is 24.3 Å². The SMILES string of the molecule is CCC(C)NC1(c2ccc(Cl)cc2)CCC1. The summed E-state index contributed by atoms with van der Waals surface area (Å²) >= 11 is 5.94. The summed E-state index contributed by atoms with van der Waals surface area (Å²) in [7, 11) is 0. The van der Waals surface area contributed by atoms with E-state index in [2.05, 4.69) is 31.3 Å². The quantitative estimate of drug-likeness (QED) is 0.831. The monoisotopic (exact) mass is 237 g/mol. The molecule has 1 aromatic carbocycles. The molecule has 1 N–H and O–H groups in total. The molecule has 0 heterocycles. The molecule has 1 nitrogen and oxygen atoms in total. The van der Waals surface area contributed by atoms with E-state index in [0.29, 0.717) is 6.04 Å². The molecule has 0 saturated heterocycles. The first-order chi connectivity index (χ1) is 7.66. The molecule has 1 aliphatic rings. The number of nitrogens with one attached hydrogen (secondary N) is 1. The Hall–Kier alpha value is -0.530. The van der Waals surface area contributed by atoms with Crippen LogP contribution in [0.3, 0.4) is 0 Å². The molecular weight excluding hydrogens is 218 g/mol. The molecule has 1 unspecified atom stereocenters. The summed E-state index contributed by atoms with van der Waals surface area (Å²) < 4.78 is 0. The van der Waals surface area contributed by atoms with Crippen LogP contribution >= 0.6 is 11.6 Å². The van der Waals surface area contributed by atoms with Crippen molar-refractivity contribution < 1.29 is 0 Å². The van der Waals surface area contributed by atoms with Crippen LogP contribution in [0.4, 0.5) is 0 Å². The molecule has 1 fully saturated rings. The second-order valence-electron chi connectivity index (χ2n) is 4.90. The molecule has 1 aliphatic carbocycles. The highest BCUT2D eigenvalue weighted by molar-refractivity contribution is 6.30. The van der Waals surface area contributed by atoms with Gasteiger partial charge in [-0.15, -0.1) is 0 Å². The summed E-state index contributed by atoms with van der Waals surface area (Å²) in [5.74, 6) is 0. The van der Waals surface area contributed by atoms with Crippen molar-refractivity contribution in [1.82, 2.24) is 5.32 Å². The van der Waals surface area contributed by atoms with Crippen LogP contribution in [0.25, 0.3) is 0 Å². The standard InChI is InChI=1S/C14H20ClN/c1-3-11(2)16-14(9-4-10-14)12-5-7-13(15)8-6-12/h5-8,11,16H,3-4,9-10H2,1-2H3. The minimum atomic E-state index is 0.222. The second-order valence-corrected chi connectivity index (χ2v) is 5.33. The molecule has 0 spiro atoms. The van der Waals surface area contributed by atoms with E-state index in [4.69, 9.17) is 11.6 Å². The third-order valence-corrected chi connectivity index (χ3v) is 3.99. The van der Waals surface area contributed by atoms with Gasteiger partial charge < -0.3 is 5.32 Å². The summed E-state index contributed by atoms with van der Waals surface area (Å²) in [6.07, 6.45) is 5.00. The van der Waals surface area contributed by atoms with E-state index in [0.717, 1.165) is 5.02 Å². The van der Waals surface area contributed by atoms with E-state index in [1.54, 1.807) is 0 Å². The molecular formula is C14H20ClN. The Labute approximate surface area is 103 Å². The van der Waals surface area contributed by atoms with E-state index in [1.807, 2.05) is 12.1 Å². The fourth-order valence-corrected chi connectivity index (χ4v) is 2.52. The van der Waals surface area contributed by atoms with E-state index < -0.39 is 0 Å². The van der Waals surface area contributed by atoms with Gasteiger partial charge in [0.25, 0.3) is 0 Å². The average Bonchev–Trinajstić information content (AvgIpc) is 2.24. The lowest BCUT2D eigenvalue weighted by atomic mass is 9.71. The Bertz CT molecular complexity index is 340. The predicted octanol–water partition coefficient (Wildman–Crippen LogP) is 4.11. The van der Waals surface area contributed by atoms with Crippen molar-refractivity contribution in [2.75, 3.05) is 0 Å². The highest BCUT2D eigenvalue weighted by atomic mass is 35.5. The molecule has 0 aromatic heterocycles. The smallest absolute Gasteiger partial charge is 0.0436 e. The lowest BCUT2D eigenvalue weighted by Gasteiger charge is -2.45. The van der Waals surface area contributed by atoms with Crippen molar-refractivity contribution in [1.29, 1.82) is 0 Å². The van der Waals surface area contributed by atoms with Gasteiger partial charge in [0, 0.05) is 16.6 Å². The summed E-state index contributed by atoms with van der Waals surface area (Å²) in [5, 5.41) is 4.59. The highest BCUT2D eigenvalue weighted by Gasteiger charge is 2.38. The highest BCUT2D eigenvalue weighted by Crippen LogP contribution is 2.42. The van der Waals surface area contributed by atoms with E-state index in [9.17, 15) is 0 Å². The lowest BCUT2D eigenvalue weighted by molar-refractivity contribution is 0.165. The van der Waals surface area contributed by atoms with Gasteiger partial charge in [-0.3, -0.25) is 0 Å².